The van der Waals surface area contributed by atoms with Crippen molar-refractivity contribution >= 4 is 22.8 Å². The molecule has 28 heavy (non-hydrogen) atoms. The number of rotatable bonds is 5. The zero-order valence-electron chi connectivity index (χ0n) is 17.2. The lowest BCUT2D eigenvalue weighted by Crippen LogP contribution is -2.39. The van der Waals surface area contributed by atoms with Gasteiger partial charge in [-0.15, -0.1) is 0 Å². The second-order valence-electron chi connectivity index (χ2n) is 8.81. The van der Waals surface area contributed by atoms with Gasteiger partial charge in [0.05, 0.1) is 5.69 Å². The van der Waals surface area contributed by atoms with Gasteiger partial charge in [0.15, 0.2) is 0 Å². The average molecular weight is 386 g/mol. The Labute approximate surface area is 166 Å². The van der Waals surface area contributed by atoms with Crippen LogP contribution in [0.1, 0.15) is 63.9 Å². The first-order chi connectivity index (χ1) is 13.5. The van der Waals surface area contributed by atoms with Crippen LogP contribution in [0, 0.1) is 18.8 Å². The summed E-state index contributed by atoms with van der Waals surface area (Å²) in [6.45, 7) is 8.46. The van der Waals surface area contributed by atoms with E-state index in [1.54, 1.807) is 0 Å². The fourth-order valence-corrected chi connectivity index (χ4v) is 4.78. The molecule has 1 saturated heterocycles. The Kier molecular flexibility index (Phi) is 5.51. The summed E-state index contributed by atoms with van der Waals surface area (Å²) in [6.07, 6.45) is 6.78. The first-order valence-electron chi connectivity index (χ1n) is 10.7. The maximum Gasteiger partial charge on any atom is 0.263 e. The number of carbonyl (C=O) groups is 1. The Morgan fingerprint density at radius 2 is 1.89 bits per heavy atom. The highest BCUT2D eigenvalue weighted by atomic mass is 16.5. The van der Waals surface area contributed by atoms with Crippen molar-refractivity contribution in [3.05, 3.63) is 11.5 Å². The molecule has 152 valence electrons. The van der Waals surface area contributed by atoms with Crippen molar-refractivity contribution in [1.82, 2.24) is 20.4 Å². The van der Waals surface area contributed by atoms with E-state index in [1.807, 2.05) is 6.92 Å². The minimum atomic E-state index is 0.0890. The predicted molar refractivity (Wildman–Crippen MR) is 108 cm³/mol. The molecule has 0 aromatic carbocycles. The third-order valence-corrected chi connectivity index (χ3v) is 6.00. The zero-order valence-corrected chi connectivity index (χ0v) is 17.2. The number of hydrogen-bond acceptors (Lipinski definition) is 6. The van der Waals surface area contributed by atoms with E-state index in [4.69, 9.17) is 9.51 Å². The van der Waals surface area contributed by atoms with Gasteiger partial charge in [0.25, 0.3) is 5.71 Å². The van der Waals surface area contributed by atoms with Crippen molar-refractivity contribution < 1.29 is 9.32 Å². The highest BCUT2D eigenvalue weighted by Crippen LogP contribution is 2.32. The van der Waals surface area contributed by atoms with E-state index in [0.717, 1.165) is 42.8 Å². The van der Waals surface area contributed by atoms with E-state index < -0.39 is 0 Å². The normalized spacial score (nSPS) is 23.5. The minimum Gasteiger partial charge on any atom is -0.355 e. The Morgan fingerprint density at radius 1 is 1.18 bits per heavy atom. The lowest BCUT2D eigenvalue weighted by molar-refractivity contribution is -0.121. The van der Waals surface area contributed by atoms with E-state index >= 15 is 0 Å². The Bertz CT molecular complexity index is 833. The highest BCUT2D eigenvalue weighted by Gasteiger charge is 2.27. The summed E-state index contributed by atoms with van der Waals surface area (Å²) >= 11 is 0. The lowest BCUT2D eigenvalue weighted by atomic mass is 9.92. The van der Waals surface area contributed by atoms with Gasteiger partial charge < -0.3 is 14.7 Å². The van der Waals surface area contributed by atoms with Crippen LogP contribution in [0.3, 0.4) is 0 Å². The number of carbonyl (C=O) groups excluding carboxylic acids is 1. The number of amides is 1. The monoisotopic (exact) mass is 385 g/mol. The highest BCUT2D eigenvalue weighted by molar-refractivity contribution is 5.88. The van der Waals surface area contributed by atoms with Crippen LogP contribution in [-0.4, -0.2) is 40.2 Å². The standard InChI is InChI=1S/C21H31N5O2/c1-13-10-14(2)12-26(11-13)20-19-15(3)25-28-21(19)24-17(23-20)8-9-18(27)22-16-6-4-5-7-16/h13-14,16H,4-12H2,1-3H3,(H,22,27)/t13-,14-/m0/s1. The van der Waals surface area contributed by atoms with Crippen LogP contribution in [0.15, 0.2) is 4.52 Å². The van der Waals surface area contributed by atoms with Crippen LogP contribution in [0.25, 0.3) is 11.1 Å². The van der Waals surface area contributed by atoms with Crippen molar-refractivity contribution in [3.8, 4) is 0 Å². The summed E-state index contributed by atoms with van der Waals surface area (Å²) in [5.41, 5.74) is 1.35. The summed E-state index contributed by atoms with van der Waals surface area (Å²) in [6, 6.07) is 0.347. The Balaban J connectivity index is 1.53. The van der Waals surface area contributed by atoms with Gasteiger partial charge in [0.2, 0.25) is 5.91 Å². The van der Waals surface area contributed by atoms with Gasteiger partial charge in [-0.2, -0.15) is 4.98 Å². The molecule has 2 fully saturated rings. The number of nitrogens with one attached hydrogen (secondary N) is 1. The smallest absolute Gasteiger partial charge is 0.263 e. The minimum absolute atomic E-state index is 0.0890. The molecule has 2 aromatic heterocycles. The molecule has 1 amide bonds. The maximum absolute atomic E-state index is 12.3. The van der Waals surface area contributed by atoms with Gasteiger partial charge in [0, 0.05) is 32.0 Å². The maximum atomic E-state index is 12.3. The van der Waals surface area contributed by atoms with Crippen LogP contribution < -0.4 is 10.2 Å². The summed E-state index contributed by atoms with van der Waals surface area (Å²) in [4.78, 5) is 24.1. The van der Waals surface area contributed by atoms with Gasteiger partial charge in [-0.25, -0.2) is 4.98 Å². The topological polar surface area (TPSA) is 84.1 Å². The largest absolute Gasteiger partial charge is 0.355 e. The van der Waals surface area contributed by atoms with Crippen molar-refractivity contribution in [2.75, 3.05) is 18.0 Å². The number of hydrogen-bond donors (Lipinski definition) is 1. The van der Waals surface area contributed by atoms with Gasteiger partial charge in [0.1, 0.15) is 17.0 Å². The fraction of sp³-hybridized carbons (Fsp3) is 0.714. The number of aryl methyl sites for hydroxylation is 2. The van der Waals surface area contributed by atoms with Crippen LogP contribution in [-0.2, 0) is 11.2 Å². The van der Waals surface area contributed by atoms with E-state index in [2.05, 4.69) is 34.2 Å². The lowest BCUT2D eigenvalue weighted by Gasteiger charge is -2.36. The van der Waals surface area contributed by atoms with Gasteiger partial charge in [-0.1, -0.05) is 31.8 Å². The Hall–Kier alpha value is -2.18. The van der Waals surface area contributed by atoms with Crippen LogP contribution in [0.5, 0.6) is 0 Å². The van der Waals surface area contributed by atoms with Gasteiger partial charge in [-0.3, -0.25) is 4.79 Å². The molecule has 1 saturated carbocycles. The third kappa shape index (κ3) is 4.13. The number of fused-ring (bicyclic) bond motifs is 1. The molecular formula is C21H31N5O2. The zero-order chi connectivity index (χ0) is 19.7. The molecule has 0 radical (unpaired) electrons. The SMILES string of the molecule is Cc1noc2nc(CCC(=O)NC3CCCC3)nc(N3C[C@@H](C)C[C@H](C)C3)c12. The first-order valence-corrected chi connectivity index (χ1v) is 10.7. The average Bonchev–Trinajstić information content (AvgIpc) is 3.28. The predicted octanol–water partition coefficient (Wildman–Crippen LogP) is 3.40. The molecule has 0 spiro atoms. The summed E-state index contributed by atoms with van der Waals surface area (Å²) < 4.78 is 5.46. The van der Waals surface area contributed by atoms with Crippen LogP contribution >= 0.6 is 0 Å². The number of piperidine rings is 1. The Morgan fingerprint density at radius 3 is 2.61 bits per heavy atom. The number of aromatic nitrogens is 3. The molecule has 0 unspecified atom stereocenters. The molecule has 2 aliphatic rings. The van der Waals surface area contributed by atoms with E-state index in [1.165, 1.54) is 19.3 Å². The molecule has 1 N–H and O–H groups in total. The van der Waals surface area contributed by atoms with Crippen LogP contribution in [0.4, 0.5) is 5.82 Å². The van der Waals surface area contributed by atoms with Gasteiger partial charge in [-0.05, 0) is 38.0 Å². The molecule has 4 rings (SSSR count). The molecule has 1 aliphatic carbocycles. The van der Waals surface area contributed by atoms with E-state index in [-0.39, 0.29) is 5.91 Å². The summed E-state index contributed by atoms with van der Waals surface area (Å²) in [7, 11) is 0. The summed E-state index contributed by atoms with van der Waals surface area (Å²) in [5.74, 6) is 2.90. The summed E-state index contributed by atoms with van der Waals surface area (Å²) in [5, 5.41) is 8.15. The molecule has 0 bridgehead atoms. The first kappa shape index (κ1) is 19.2. The van der Waals surface area contributed by atoms with Gasteiger partial charge >= 0.3 is 0 Å². The second kappa shape index (κ2) is 8.05. The molecule has 1 aliphatic heterocycles. The van der Waals surface area contributed by atoms with Crippen LogP contribution in [0.2, 0.25) is 0 Å². The van der Waals surface area contributed by atoms with Crippen molar-refractivity contribution in [1.29, 1.82) is 0 Å². The number of nitrogens with zero attached hydrogens (tertiary/aromatic N) is 4. The van der Waals surface area contributed by atoms with E-state index in [0.29, 0.717) is 42.3 Å². The van der Waals surface area contributed by atoms with E-state index in [9.17, 15) is 4.79 Å². The fourth-order valence-electron chi connectivity index (χ4n) is 4.78. The van der Waals surface area contributed by atoms with Crippen molar-refractivity contribution in [2.45, 2.75) is 71.8 Å². The quantitative estimate of drug-likeness (QED) is 0.849. The number of anilines is 1. The third-order valence-electron chi connectivity index (χ3n) is 6.00. The molecule has 2 atom stereocenters. The molecular weight excluding hydrogens is 354 g/mol. The molecule has 3 heterocycles. The second-order valence-corrected chi connectivity index (χ2v) is 8.81. The van der Waals surface area contributed by atoms with Crippen molar-refractivity contribution in [3.63, 3.8) is 0 Å². The molecule has 7 nitrogen and oxygen atoms in total. The molecule has 2 aromatic rings. The van der Waals surface area contributed by atoms with Crippen molar-refractivity contribution in [2.24, 2.45) is 11.8 Å². The molecule has 7 heteroatoms.